The first kappa shape index (κ1) is 18.0. The Labute approximate surface area is 141 Å². The molecule has 1 aliphatic heterocycles. The number of aliphatic carboxylic acids is 1. The van der Waals surface area contributed by atoms with E-state index < -0.39 is 11.5 Å². The standard InChI is InChI=1S/C18H24N2O4/c1-11(2)18(3,10-16(22)23)19-17(24)13-5-7-14-12(9-13)6-8-15(21)20(14)4/h5,7,9,11H,6,8,10H2,1-4H3,(H,19,24)(H,22,23). The highest BCUT2D eigenvalue weighted by Gasteiger charge is 2.33. The van der Waals surface area contributed by atoms with E-state index in [4.69, 9.17) is 5.11 Å². The van der Waals surface area contributed by atoms with Crippen molar-refractivity contribution in [2.24, 2.45) is 5.92 Å². The van der Waals surface area contributed by atoms with Crippen LogP contribution in [0.3, 0.4) is 0 Å². The first-order valence-corrected chi connectivity index (χ1v) is 8.08. The summed E-state index contributed by atoms with van der Waals surface area (Å²) in [4.78, 5) is 37.0. The molecule has 2 N–H and O–H groups in total. The number of benzene rings is 1. The van der Waals surface area contributed by atoms with E-state index >= 15 is 0 Å². The number of carboxylic acid groups (broad SMARTS) is 1. The predicted octanol–water partition coefficient (Wildman–Crippen LogP) is 2.21. The van der Waals surface area contributed by atoms with Crippen LogP contribution >= 0.6 is 0 Å². The molecule has 0 fully saturated rings. The molecule has 1 aromatic carbocycles. The summed E-state index contributed by atoms with van der Waals surface area (Å²) >= 11 is 0. The van der Waals surface area contributed by atoms with E-state index in [1.165, 1.54) is 0 Å². The Hall–Kier alpha value is -2.37. The highest BCUT2D eigenvalue weighted by molar-refractivity contribution is 5.99. The minimum atomic E-state index is -0.947. The third-order valence-electron chi connectivity index (χ3n) is 4.88. The zero-order valence-electron chi connectivity index (χ0n) is 14.5. The molecule has 6 heteroatoms. The molecule has 0 saturated carbocycles. The maximum atomic E-state index is 12.6. The topological polar surface area (TPSA) is 86.7 Å². The molecule has 1 heterocycles. The fraction of sp³-hybridized carbons (Fsp3) is 0.500. The molecule has 2 amide bonds. The third kappa shape index (κ3) is 3.58. The summed E-state index contributed by atoms with van der Waals surface area (Å²) in [6.07, 6.45) is 0.895. The third-order valence-corrected chi connectivity index (χ3v) is 4.88. The SMILES string of the molecule is CC(C)C(C)(CC(=O)O)NC(=O)c1ccc2c(c1)CCC(=O)N2C. The smallest absolute Gasteiger partial charge is 0.305 e. The van der Waals surface area contributed by atoms with Crippen LogP contribution in [-0.2, 0) is 16.0 Å². The first-order valence-electron chi connectivity index (χ1n) is 8.08. The Morgan fingerprint density at radius 1 is 1.33 bits per heavy atom. The molecule has 0 aromatic heterocycles. The summed E-state index contributed by atoms with van der Waals surface area (Å²) in [6, 6.07) is 5.23. The van der Waals surface area contributed by atoms with E-state index in [2.05, 4.69) is 5.32 Å². The van der Waals surface area contributed by atoms with Crippen molar-refractivity contribution in [1.29, 1.82) is 0 Å². The Balaban J connectivity index is 2.24. The molecule has 1 aromatic rings. The summed E-state index contributed by atoms with van der Waals surface area (Å²) < 4.78 is 0. The van der Waals surface area contributed by atoms with Gasteiger partial charge in [-0.15, -0.1) is 0 Å². The number of hydrogen-bond donors (Lipinski definition) is 2. The highest BCUT2D eigenvalue weighted by atomic mass is 16.4. The average Bonchev–Trinajstić information content (AvgIpc) is 2.49. The maximum Gasteiger partial charge on any atom is 0.305 e. The number of carbonyl (C=O) groups excluding carboxylic acids is 2. The molecular weight excluding hydrogens is 308 g/mol. The van der Waals surface area contributed by atoms with Crippen LogP contribution in [-0.4, -0.2) is 35.5 Å². The van der Waals surface area contributed by atoms with Crippen LogP contribution in [0.1, 0.15) is 49.5 Å². The molecule has 0 radical (unpaired) electrons. The van der Waals surface area contributed by atoms with Gasteiger partial charge in [-0.1, -0.05) is 13.8 Å². The van der Waals surface area contributed by atoms with Gasteiger partial charge in [0.2, 0.25) is 5.91 Å². The summed E-state index contributed by atoms with van der Waals surface area (Å²) in [7, 11) is 1.72. The number of hydrogen-bond acceptors (Lipinski definition) is 3. The van der Waals surface area contributed by atoms with Gasteiger partial charge < -0.3 is 15.3 Å². The van der Waals surface area contributed by atoms with Gasteiger partial charge in [-0.05, 0) is 43.0 Å². The summed E-state index contributed by atoms with van der Waals surface area (Å²) in [6.45, 7) is 5.52. The van der Waals surface area contributed by atoms with Crippen molar-refractivity contribution >= 4 is 23.5 Å². The molecule has 1 unspecified atom stereocenters. The van der Waals surface area contributed by atoms with Crippen molar-refractivity contribution in [3.05, 3.63) is 29.3 Å². The minimum Gasteiger partial charge on any atom is -0.481 e. The Morgan fingerprint density at radius 3 is 2.58 bits per heavy atom. The molecule has 1 atom stereocenters. The van der Waals surface area contributed by atoms with E-state index in [9.17, 15) is 14.4 Å². The van der Waals surface area contributed by atoms with Gasteiger partial charge in [0.25, 0.3) is 5.91 Å². The van der Waals surface area contributed by atoms with E-state index in [1.807, 2.05) is 13.8 Å². The number of rotatable bonds is 5. The lowest BCUT2D eigenvalue weighted by Gasteiger charge is -2.33. The number of fused-ring (bicyclic) bond motifs is 1. The van der Waals surface area contributed by atoms with Gasteiger partial charge in [-0.25, -0.2) is 0 Å². The van der Waals surface area contributed by atoms with E-state index in [-0.39, 0.29) is 24.2 Å². The monoisotopic (exact) mass is 332 g/mol. The zero-order chi connectivity index (χ0) is 18.1. The summed E-state index contributed by atoms with van der Waals surface area (Å²) in [5.41, 5.74) is 1.42. The van der Waals surface area contributed by atoms with E-state index in [0.29, 0.717) is 18.4 Å². The summed E-state index contributed by atoms with van der Waals surface area (Å²) in [5, 5.41) is 12.0. The number of aryl methyl sites for hydroxylation is 1. The Kier molecular flexibility index (Phi) is 4.96. The van der Waals surface area contributed by atoms with Crippen molar-refractivity contribution < 1.29 is 19.5 Å². The van der Waals surface area contributed by atoms with Crippen LogP contribution in [0.5, 0.6) is 0 Å². The van der Waals surface area contributed by atoms with Crippen molar-refractivity contribution in [3.8, 4) is 0 Å². The van der Waals surface area contributed by atoms with Crippen LogP contribution in [0.4, 0.5) is 5.69 Å². The van der Waals surface area contributed by atoms with Crippen LogP contribution in [0.25, 0.3) is 0 Å². The second kappa shape index (κ2) is 6.63. The van der Waals surface area contributed by atoms with Crippen LogP contribution in [0, 0.1) is 5.92 Å². The lowest BCUT2D eigenvalue weighted by Crippen LogP contribution is -2.51. The number of nitrogens with zero attached hydrogens (tertiary/aromatic N) is 1. The number of anilines is 1. The largest absolute Gasteiger partial charge is 0.481 e. The van der Waals surface area contributed by atoms with Gasteiger partial charge in [0.15, 0.2) is 0 Å². The Bertz CT molecular complexity index is 684. The van der Waals surface area contributed by atoms with Gasteiger partial charge in [0.05, 0.1) is 12.0 Å². The van der Waals surface area contributed by atoms with Crippen LogP contribution in [0.2, 0.25) is 0 Å². The molecule has 0 bridgehead atoms. The van der Waals surface area contributed by atoms with Crippen LogP contribution < -0.4 is 10.2 Å². The molecule has 1 aliphatic rings. The molecule has 24 heavy (non-hydrogen) atoms. The van der Waals surface area contributed by atoms with Gasteiger partial charge in [-0.3, -0.25) is 14.4 Å². The lowest BCUT2D eigenvalue weighted by atomic mass is 9.85. The van der Waals surface area contributed by atoms with Gasteiger partial charge in [0, 0.05) is 24.7 Å². The number of carboxylic acids is 1. The zero-order valence-corrected chi connectivity index (χ0v) is 14.5. The average molecular weight is 332 g/mol. The molecule has 130 valence electrons. The molecule has 0 spiro atoms. The highest BCUT2D eigenvalue weighted by Crippen LogP contribution is 2.28. The number of nitrogens with one attached hydrogen (secondary N) is 1. The van der Waals surface area contributed by atoms with Crippen LogP contribution in [0.15, 0.2) is 18.2 Å². The normalized spacial score (nSPS) is 16.5. The maximum absolute atomic E-state index is 12.6. The van der Waals surface area contributed by atoms with Crippen molar-refractivity contribution in [2.75, 3.05) is 11.9 Å². The number of carbonyl (C=O) groups is 3. The molecule has 0 saturated heterocycles. The van der Waals surface area contributed by atoms with Gasteiger partial charge in [-0.2, -0.15) is 0 Å². The second-order valence-corrected chi connectivity index (χ2v) is 6.89. The van der Waals surface area contributed by atoms with Crippen molar-refractivity contribution in [2.45, 2.75) is 45.6 Å². The second-order valence-electron chi connectivity index (χ2n) is 6.89. The predicted molar refractivity (Wildman–Crippen MR) is 91.1 cm³/mol. The minimum absolute atomic E-state index is 0.0288. The molecule has 6 nitrogen and oxygen atoms in total. The van der Waals surface area contributed by atoms with Crippen molar-refractivity contribution in [3.63, 3.8) is 0 Å². The fourth-order valence-corrected chi connectivity index (χ4v) is 2.84. The molecule has 0 aliphatic carbocycles. The van der Waals surface area contributed by atoms with E-state index in [0.717, 1.165) is 11.3 Å². The fourth-order valence-electron chi connectivity index (χ4n) is 2.84. The first-order chi connectivity index (χ1) is 11.1. The number of amides is 2. The molecular formula is C18H24N2O4. The van der Waals surface area contributed by atoms with Crippen molar-refractivity contribution in [1.82, 2.24) is 5.32 Å². The Morgan fingerprint density at radius 2 is 2.00 bits per heavy atom. The van der Waals surface area contributed by atoms with Gasteiger partial charge in [0.1, 0.15) is 0 Å². The van der Waals surface area contributed by atoms with E-state index in [1.54, 1.807) is 37.1 Å². The van der Waals surface area contributed by atoms with Gasteiger partial charge >= 0.3 is 5.97 Å². The quantitative estimate of drug-likeness (QED) is 0.865. The lowest BCUT2D eigenvalue weighted by molar-refractivity contribution is -0.139. The molecule has 2 rings (SSSR count). The summed E-state index contributed by atoms with van der Waals surface area (Å²) in [5.74, 6) is -1.21.